The quantitative estimate of drug-likeness (QED) is 0.816. The summed E-state index contributed by atoms with van der Waals surface area (Å²) in [6, 6.07) is 5.76. The zero-order valence-corrected chi connectivity index (χ0v) is 14.1. The Labute approximate surface area is 146 Å². The van der Waals surface area contributed by atoms with Crippen LogP contribution in [0.3, 0.4) is 0 Å². The summed E-state index contributed by atoms with van der Waals surface area (Å²) in [5, 5.41) is 8.81. The molecule has 0 atom stereocenters. The number of aromatic carboxylic acids is 1. The van der Waals surface area contributed by atoms with Gasteiger partial charge in [0.2, 0.25) is 0 Å². The molecule has 0 spiro atoms. The molecule has 0 saturated heterocycles. The van der Waals surface area contributed by atoms with Crippen LogP contribution in [0.4, 0.5) is 18.9 Å². The first-order chi connectivity index (χ1) is 11.4. The fourth-order valence-electron chi connectivity index (χ4n) is 2.01. The first kappa shape index (κ1) is 19.1. The Balaban J connectivity index is 2.51. The molecule has 0 aliphatic rings. The molecule has 0 aliphatic heterocycles. The number of anilines is 1. The average Bonchev–Trinajstić information content (AvgIpc) is 2.44. The van der Waals surface area contributed by atoms with Gasteiger partial charge in [0.1, 0.15) is 4.90 Å². The van der Waals surface area contributed by atoms with Crippen LogP contribution in [0.15, 0.2) is 41.3 Å². The highest BCUT2D eigenvalue weighted by Crippen LogP contribution is 2.33. The second kappa shape index (κ2) is 6.57. The van der Waals surface area contributed by atoms with Crippen molar-refractivity contribution in [3.8, 4) is 0 Å². The van der Waals surface area contributed by atoms with Crippen molar-refractivity contribution in [3.05, 3.63) is 58.1 Å². The second-order valence-electron chi connectivity index (χ2n) is 5.14. The van der Waals surface area contributed by atoms with Gasteiger partial charge in [0.05, 0.1) is 21.8 Å². The lowest BCUT2D eigenvalue weighted by atomic mass is 10.1. The van der Waals surface area contributed by atoms with Gasteiger partial charge in [-0.15, -0.1) is 0 Å². The SMILES string of the molecule is Cc1ccc(S(=O)(=O)Nc2cc(C(=O)O)cc(C(F)(F)F)c2)c(Cl)c1. The molecule has 0 unspecified atom stereocenters. The first-order valence-corrected chi connectivity index (χ1v) is 8.51. The number of carboxylic acids is 1. The van der Waals surface area contributed by atoms with Gasteiger partial charge in [-0.3, -0.25) is 4.72 Å². The summed E-state index contributed by atoms with van der Waals surface area (Å²) in [7, 11) is -4.31. The van der Waals surface area contributed by atoms with Crippen LogP contribution in [0.2, 0.25) is 5.02 Å². The van der Waals surface area contributed by atoms with Gasteiger partial charge >= 0.3 is 12.1 Å². The smallest absolute Gasteiger partial charge is 0.416 e. The largest absolute Gasteiger partial charge is 0.478 e. The Bertz CT molecular complexity index is 942. The number of alkyl halides is 3. The number of rotatable bonds is 4. The van der Waals surface area contributed by atoms with E-state index >= 15 is 0 Å². The van der Waals surface area contributed by atoms with Gasteiger partial charge in [0, 0.05) is 0 Å². The van der Waals surface area contributed by atoms with E-state index in [1.807, 2.05) is 4.72 Å². The summed E-state index contributed by atoms with van der Waals surface area (Å²) in [4.78, 5) is 10.7. The minimum Gasteiger partial charge on any atom is -0.478 e. The molecule has 0 radical (unpaired) electrons. The normalized spacial score (nSPS) is 12.0. The number of sulfonamides is 1. The molecule has 25 heavy (non-hydrogen) atoms. The van der Waals surface area contributed by atoms with Crippen molar-refractivity contribution in [1.29, 1.82) is 0 Å². The van der Waals surface area contributed by atoms with Crippen molar-refractivity contribution in [2.24, 2.45) is 0 Å². The minimum atomic E-state index is -4.84. The maximum absolute atomic E-state index is 12.9. The van der Waals surface area contributed by atoms with Crippen molar-refractivity contribution in [2.45, 2.75) is 18.0 Å². The Morgan fingerprint density at radius 1 is 1.16 bits per heavy atom. The molecule has 0 aromatic heterocycles. The third kappa shape index (κ3) is 4.43. The molecule has 2 aromatic carbocycles. The highest BCUT2D eigenvalue weighted by Gasteiger charge is 2.32. The Morgan fingerprint density at radius 3 is 2.32 bits per heavy atom. The Kier molecular flexibility index (Phi) is 5.01. The fourth-order valence-corrected chi connectivity index (χ4v) is 3.65. The van der Waals surface area contributed by atoms with E-state index in [1.165, 1.54) is 18.2 Å². The van der Waals surface area contributed by atoms with Crippen LogP contribution in [-0.2, 0) is 16.2 Å². The molecule has 0 aliphatic carbocycles. The molecular formula is C15H11ClF3NO4S. The topological polar surface area (TPSA) is 83.5 Å². The summed E-state index contributed by atoms with van der Waals surface area (Å²) >= 11 is 5.87. The zero-order valence-electron chi connectivity index (χ0n) is 12.6. The lowest BCUT2D eigenvalue weighted by Gasteiger charge is -2.13. The van der Waals surface area contributed by atoms with Crippen LogP contribution in [0.25, 0.3) is 0 Å². The molecule has 0 saturated carbocycles. The molecule has 2 rings (SSSR count). The molecular weight excluding hydrogens is 383 g/mol. The Hall–Kier alpha value is -2.26. The highest BCUT2D eigenvalue weighted by atomic mass is 35.5. The monoisotopic (exact) mass is 393 g/mol. The maximum Gasteiger partial charge on any atom is 0.416 e. The van der Waals surface area contributed by atoms with Crippen LogP contribution < -0.4 is 4.72 Å². The summed E-state index contributed by atoms with van der Waals surface area (Å²) in [5.74, 6) is -1.63. The lowest BCUT2D eigenvalue weighted by Crippen LogP contribution is -2.15. The standard InChI is InChI=1S/C15H11ClF3NO4S/c1-8-2-3-13(12(16)4-8)25(23,24)20-11-6-9(14(21)22)5-10(7-11)15(17,18)19/h2-7,20H,1H3,(H,21,22). The van der Waals surface area contributed by atoms with Crippen LogP contribution in [0, 0.1) is 6.92 Å². The number of hydrogen-bond donors (Lipinski definition) is 2. The van der Waals surface area contributed by atoms with Crippen molar-refractivity contribution in [3.63, 3.8) is 0 Å². The second-order valence-corrected chi connectivity index (χ2v) is 7.20. The van der Waals surface area contributed by atoms with E-state index in [4.69, 9.17) is 16.7 Å². The predicted octanol–water partition coefficient (Wildman–Crippen LogP) is 4.17. The number of aryl methyl sites for hydroxylation is 1. The molecule has 0 amide bonds. The van der Waals surface area contributed by atoms with Gasteiger partial charge in [0.15, 0.2) is 0 Å². The third-order valence-corrected chi connectivity index (χ3v) is 5.00. The molecule has 134 valence electrons. The molecule has 5 nitrogen and oxygen atoms in total. The molecule has 0 bridgehead atoms. The number of carbonyl (C=O) groups is 1. The highest BCUT2D eigenvalue weighted by molar-refractivity contribution is 7.92. The van der Waals surface area contributed by atoms with E-state index in [0.717, 1.165) is 6.07 Å². The molecule has 10 heteroatoms. The zero-order chi connectivity index (χ0) is 19.0. The average molecular weight is 394 g/mol. The van der Waals surface area contributed by atoms with Gasteiger partial charge < -0.3 is 5.11 Å². The van der Waals surface area contributed by atoms with Gasteiger partial charge in [-0.25, -0.2) is 13.2 Å². The van der Waals surface area contributed by atoms with Crippen molar-refractivity contribution in [1.82, 2.24) is 0 Å². The fraction of sp³-hybridized carbons (Fsp3) is 0.133. The number of carboxylic acid groups (broad SMARTS) is 1. The summed E-state index contributed by atoms with van der Waals surface area (Å²) in [5.41, 5.74) is -1.84. The molecule has 2 aromatic rings. The number of hydrogen-bond acceptors (Lipinski definition) is 3. The summed E-state index contributed by atoms with van der Waals surface area (Å²) in [6.45, 7) is 1.68. The van der Waals surface area contributed by atoms with E-state index in [-0.39, 0.29) is 9.92 Å². The predicted molar refractivity (Wildman–Crippen MR) is 85.4 cm³/mol. The number of halogens is 4. The third-order valence-electron chi connectivity index (χ3n) is 3.14. The van der Waals surface area contributed by atoms with Crippen LogP contribution in [0.5, 0.6) is 0 Å². The maximum atomic E-state index is 12.9. The summed E-state index contributed by atoms with van der Waals surface area (Å²) in [6.07, 6.45) is -4.84. The number of nitrogens with one attached hydrogen (secondary N) is 1. The Morgan fingerprint density at radius 2 is 1.80 bits per heavy atom. The number of benzene rings is 2. The molecule has 0 fully saturated rings. The minimum absolute atomic E-state index is 0.113. The summed E-state index contributed by atoms with van der Waals surface area (Å²) < 4.78 is 65.3. The van der Waals surface area contributed by atoms with E-state index in [2.05, 4.69) is 0 Å². The van der Waals surface area contributed by atoms with Crippen LogP contribution in [0.1, 0.15) is 21.5 Å². The molecule has 0 heterocycles. The van der Waals surface area contributed by atoms with Crippen LogP contribution in [-0.4, -0.2) is 19.5 Å². The van der Waals surface area contributed by atoms with Gasteiger partial charge in [-0.1, -0.05) is 17.7 Å². The van der Waals surface area contributed by atoms with Gasteiger partial charge in [-0.2, -0.15) is 13.2 Å². The van der Waals surface area contributed by atoms with Crippen molar-refractivity contribution >= 4 is 33.3 Å². The van der Waals surface area contributed by atoms with Gasteiger partial charge in [-0.05, 0) is 42.8 Å². The van der Waals surface area contributed by atoms with E-state index < -0.39 is 39.0 Å². The van der Waals surface area contributed by atoms with E-state index in [1.54, 1.807) is 6.92 Å². The van der Waals surface area contributed by atoms with E-state index in [9.17, 15) is 26.4 Å². The lowest BCUT2D eigenvalue weighted by molar-refractivity contribution is -0.137. The van der Waals surface area contributed by atoms with Crippen molar-refractivity contribution < 1.29 is 31.5 Å². The van der Waals surface area contributed by atoms with E-state index in [0.29, 0.717) is 17.7 Å². The van der Waals surface area contributed by atoms with Crippen molar-refractivity contribution in [2.75, 3.05) is 4.72 Å². The van der Waals surface area contributed by atoms with Gasteiger partial charge in [0.25, 0.3) is 10.0 Å². The van der Waals surface area contributed by atoms with Crippen LogP contribution >= 0.6 is 11.6 Å². The first-order valence-electron chi connectivity index (χ1n) is 6.65. The molecule has 2 N–H and O–H groups in total.